The molecule has 2 aliphatic rings. The Kier molecular flexibility index (Phi) is 8.62. The molecule has 0 radical (unpaired) electrons. The third kappa shape index (κ3) is 5.93. The zero-order valence-electron chi connectivity index (χ0n) is 17.4. The van der Waals surface area contributed by atoms with E-state index in [9.17, 15) is 29.4 Å². The van der Waals surface area contributed by atoms with Crippen LogP contribution in [-0.4, -0.2) is 47.3 Å². The molecule has 0 bridgehead atoms. The van der Waals surface area contributed by atoms with Crippen molar-refractivity contribution in [3.8, 4) is 0 Å². The average Bonchev–Trinajstić information content (AvgIpc) is 2.69. The minimum Gasteiger partial charge on any atom is -0.481 e. The van der Waals surface area contributed by atoms with E-state index in [-0.39, 0.29) is 25.0 Å². The number of carbonyl (C=O) groups is 4. The highest BCUT2D eigenvalue weighted by molar-refractivity contribution is 5.82. The van der Waals surface area contributed by atoms with Gasteiger partial charge in [0.1, 0.15) is 0 Å². The van der Waals surface area contributed by atoms with Gasteiger partial charge in [-0.2, -0.15) is 0 Å². The van der Waals surface area contributed by atoms with Gasteiger partial charge in [0.05, 0.1) is 36.9 Å². The largest absolute Gasteiger partial charge is 0.481 e. The normalized spacial score (nSPS) is 30.5. The first kappa shape index (κ1) is 23.6. The fraction of sp³-hybridized carbons (Fsp3) is 0.636. The average molecular weight is 422 g/mol. The maximum absolute atomic E-state index is 12.3. The summed E-state index contributed by atoms with van der Waals surface area (Å²) >= 11 is 0. The summed E-state index contributed by atoms with van der Waals surface area (Å²) in [6, 6.07) is 0. The standard InChI is InChI=1S/C22H30O8/c1-13-7-5-9-15(17(13)19(23)24)21(27)29-11-3-4-12-30-22(28)16-10-6-8-14(2)18(16)20(25)26/h5-8,13-18H,3-4,9-12H2,1-2H3,(H,23,24)(H,25,26). The molecule has 0 amide bonds. The summed E-state index contributed by atoms with van der Waals surface area (Å²) in [6.07, 6.45) is 8.82. The van der Waals surface area contributed by atoms with Gasteiger partial charge < -0.3 is 19.7 Å². The van der Waals surface area contributed by atoms with Crippen LogP contribution in [-0.2, 0) is 28.7 Å². The van der Waals surface area contributed by atoms with E-state index in [4.69, 9.17) is 9.47 Å². The van der Waals surface area contributed by atoms with Crippen LogP contribution >= 0.6 is 0 Å². The van der Waals surface area contributed by atoms with Gasteiger partial charge in [0, 0.05) is 0 Å². The number of rotatable bonds is 9. The Labute approximate surface area is 175 Å². The molecule has 6 unspecified atom stereocenters. The van der Waals surface area contributed by atoms with Gasteiger partial charge in [0.25, 0.3) is 0 Å². The van der Waals surface area contributed by atoms with Crippen LogP contribution in [0.4, 0.5) is 0 Å². The molecule has 0 aromatic carbocycles. The van der Waals surface area contributed by atoms with Crippen molar-refractivity contribution in [2.45, 2.75) is 39.5 Å². The summed E-state index contributed by atoms with van der Waals surface area (Å²) in [5.74, 6) is -6.52. The molecule has 8 nitrogen and oxygen atoms in total. The van der Waals surface area contributed by atoms with Gasteiger partial charge in [0.15, 0.2) is 0 Å². The third-order valence-electron chi connectivity index (χ3n) is 5.86. The number of esters is 2. The minimum absolute atomic E-state index is 0.109. The van der Waals surface area contributed by atoms with Crippen molar-refractivity contribution in [1.29, 1.82) is 0 Å². The van der Waals surface area contributed by atoms with Crippen molar-refractivity contribution < 1.29 is 38.9 Å². The summed E-state index contributed by atoms with van der Waals surface area (Å²) in [4.78, 5) is 47.4. The zero-order chi connectivity index (χ0) is 22.3. The topological polar surface area (TPSA) is 127 Å². The molecule has 0 aromatic heterocycles. The fourth-order valence-corrected chi connectivity index (χ4v) is 4.19. The molecular formula is C22H30O8. The highest BCUT2D eigenvalue weighted by Crippen LogP contribution is 2.32. The van der Waals surface area contributed by atoms with E-state index < -0.39 is 47.5 Å². The number of aliphatic carboxylic acids is 2. The second-order valence-corrected chi connectivity index (χ2v) is 8.03. The Morgan fingerprint density at radius 1 is 0.767 bits per heavy atom. The van der Waals surface area contributed by atoms with Gasteiger partial charge in [-0.25, -0.2) is 0 Å². The van der Waals surface area contributed by atoms with Gasteiger partial charge in [-0.05, 0) is 37.5 Å². The second-order valence-electron chi connectivity index (χ2n) is 8.03. The lowest BCUT2D eigenvalue weighted by Gasteiger charge is -2.28. The summed E-state index contributed by atoms with van der Waals surface area (Å²) in [6.45, 7) is 3.75. The van der Waals surface area contributed by atoms with Gasteiger partial charge in [0.2, 0.25) is 0 Å². The smallest absolute Gasteiger partial charge is 0.310 e. The summed E-state index contributed by atoms with van der Waals surface area (Å²) in [5, 5.41) is 18.7. The number of ether oxygens (including phenoxy) is 2. The van der Waals surface area contributed by atoms with E-state index >= 15 is 0 Å². The van der Waals surface area contributed by atoms with Crippen LogP contribution in [0.5, 0.6) is 0 Å². The molecular weight excluding hydrogens is 392 g/mol. The Morgan fingerprint density at radius 3 is 1.47 bits per heavy atom. The lowest BCUT2D eigenvalue weighted by Crippen LogP contribution is -2.37. The third-order valence-corrected chi connectivity index (χ3v) is 5.86. The molecule has 8 heteroatoms. The van der Waals surface area contributed by atoms with E-state index in [2.05, 4.69) is 0 Å². The van der Waals surface area contributed by atoms with Gasteiger partial charge in [-0.1, -0.05) is 38.2 Å². The lowest BCUT2D eigenvalue weighted by atomic mass is 9.76. The Hall–Kier alpha value is -2.64. The van der Waals surface area contributed by atoms with E-state index in [1.54, 1.807) is 38.2 Å². The van der Waals surface area contributed by atoms with Crippen LogP contribution < -0.4 is 0 Å². The van der Waals surface area contributed by atoms with Crippen molar-refractivity contribution >= 4 is 23.9 Å². The first-order chi connectivity index (χ1) is 14.2. The number of carbonyl (C=O) groups excluding carboxylic acids is 2. The first-order valence-corrected chi connectivity index (χ1v) is 10.4. The van der Waals surface area contributed by atoms with Gasteiger partial charge in [-0.3, -0.25) is 19.2 Å². The number of hydrogen-bond acceptors (Lipinski definition) is 6. The van der Waals surface area contributed by atoms with Crippen LogP contribution in [0.25, 0.3) is 0 Å². The molecule has 0 heterocycles. The van der Waals surface area contributed by atoms with E-state index in [1.165, 1.54) is 0 Å². The maximum atomic E-state index is 12.3. The number of carboxylic acid groups (broad SMARTS) is 2. The molecule has 0 aliphatic heterocycles. The maximum Gasteiger partial charge on any atom is 0.310 e. The van der Waals surface area contributed by atoms with Crippen LogP contribution in [0.3, 0.4) is 0 Å². The summed E-state index contributed by atoms with van der Waals surface area (Å²) in [5.41, 5.74) is 0. The fourth-order valence-electron chi connectivity index (χ4n) is 4.19. The van der Waals surface area contributed by atoms with E-state index in [0.29, 0.717) is 25.7 Å². The van der Waals surface area contributed by atoms with Gasteiger partial charge >= 0.3 is 23.9 Å². The molecule has 0 spiro atoms. The van der Waals surface area contributed by atoms with Crippen LogP contribution in [0, 0.1) is 35.5 Å². The van der Waals surface area contributed by atoms with Crippen LogP contribution in [0.2, 0.25) is 0 Å². The molecule has 2 rings (SSSR count). The molecule has 0 saturated carbocycles. The lowest BCUT2D eigenvalue weighted by molar-refractivity contribution is -0.160. The number of allylic oxidation sites excluding steroid dienone is 4. The van der Waals surface area contributed by atoms with Crippen molar-refractivity contribution in [1.82, 2.24) is 0 Å². The monoisotopic (exact) mass is 422 g/mol. The first-order valence-electron chi connectivity index (χ1n) is 10.4. The molecule has 0 aromatic rings. The number of unbranched alkanes of at least 4 members (excludes halogenated alkanes) is 1. The SMILES string of the molecule is CC1C=CCC(C(=O)OCCCCOC(=O)C2CC=CC(C)C2C(=O)O)C1C(=O)O. The van der Waals surface area contributed by atoms with Gasteiger partial charge in [-0.15, -0.1) is 0 Å². The van der Waals surface area contributed by atoms with Crippen molar-refractivity contribution in [3.63, 3.8) is 0 Å². The highest BCUT2D eigenvalue weighted by Gasteiger charge is 2.40. The predicted molar refractivity (Wildman–Crippen MR) is 106 cm³/mol. The number of hydrogen-bond donors (Lipinski definition) is 2. The van der Waals surface area contributed by atoms with E-state index in [1.807, 2.05) is 0 Å². The number of carboxylic acids is 2. The Morgan fingerprint density at radius 2 is 1.13 bits per heavy atom. The summed E-state index contributed by atoms with van der Waals surface area (Å²) in [7, 11) is 0. The summed E-state index contributed by atoms with van der Waals surface area (Å²) < 4.78 is 10.5. The molecule has 30 heavy (non-hydrogen) atoms. The Balaban J connectivity index is 1.70. The van der Waals surface area contributed by atoms with Crippen LogP contribution in [0.1, 0.15) is 39.5 Å². The molecule has 0 saturated heterocycles. The quantitative estimate of drug-likeness (QED) is 0.330. The molecule has 2 aliphatic carbocycles. The second kappa shape index (κ2) is 10.9. The van der Waals surface area contributed by atoms with Crippen LogP contribution in [0.15, 0.2) is 24.3 Å². The highest BCUT2D eigenvalue weighted by atomic mass is 16.5. The zero-order valence-corrected chi connectivity index (χ0v) is 17.4. The predicted octanol–water partition coefficient (Wildman–Crippen LogP) is 2.68. The molecule has 0 fully saturated rings. The minimum atomic E-state index is -1.01. The van der Waals surface area contributed by atoms with E-state index in [0.717, 1.165) is 0 Å². The molecule has 6 atom stereocenters. The van der Waals surface area contributed by atoms with Crippen molar-refractivity contribution in [3.05, 3.63) is 24.3 Å². The molecule has 2 N–H and O–H groups in total. The van der Waals surface area contributed by atoms with Crippen molar-refractivity contribution in [2.75, 3.05) is 13.2 Å². The Bertz CT molecular complexity index is 650. The van der Waals surface area contributed by atoms with Crippen molar-refractivity contribution in [2.24, 2.45) is 35.5 Å². The molecule has 166 valence electrons.